The van der Waals surface area contributed by atoms with Gasteiger partial charge in [-0.15, -0.1) is 0 Å². The van der Waals surface area contributed by atoms with E-state index in [-0.39, 0.29) is 17.7 Å². The number of nitrogens with zero attached hydrogens (tertiary/aromatic N) is 2. The van der Waals surface area contributed by atoms with Gasteiger partial charge in [0.05, 0.1) is 29.4 Å². The summed E-state index contributed by atoms with van der Waals surface area (Å²) in [6.07, 6.45) is 2.03. The second-order valence-electron chi connectivity index (χ2n) is 6.42. The quantitative estimate of drug-likeness (QED) is 0.850. The van der Waals surface area contributed by atoms with Crippen LogP contribution in [0.5, 0.6) is 0 Å². The van der Waals surface area contributed by atoms with Gasteiger partial charge in [-0.2, -0.15) is 5.10 Å². The number of hydrogen-bond donors (Lipinski definition) is 2. The minimum Gasteiger partial charge on any atom is -0.481 e. The minimum absolute atomic E-state index is 0.178. The number of para-hydroxylation sites is 1. The second kappa shape index (κ2) is 7.25. The molecule has 0 unspecified atom stereocenters. The Morgan fingerprint density at radius 2 is 2.04 bits per heavy atom. The fourth-order valence-corrected chi connectivity index (χ4v) is 3.20. The molecule has 1 aliphatic heterocycles. The summed E-state index contributed by atoms with van der Waals surface area (Å²) in [6.45, 7) is 2.45. The lowest BCUT2D eigenvalue weighted by atomic mass is 9.86. The van der Waals surface area contributed by atoms with Crippen LogP contribution in [-0.2, 0) is 9.53 Å². The molecule has 1 fully saturated rings. The van der Waals surface area contributed by atoms with Gasteiger partial charge in [0, 0.05) is 13.2 Å². The van der Waals surface area contributed by atoms with Crippen LogP contribution in [0.25, 0.3) is 5.69 Å². The number of ether oxygens (including phenoxy) is 1. The standard InChI is InChI=1S/C18H20FN3O4/c1-12-13(11-20-22(12)15-5-3-2-4-14(15)19)17(25)21-18(10-16(23)24)6-8-26-9-7-18/h2-5,11H,6-10H2,1H3,(H,21,25)(H,23,24). The molecular weight excluding hydrogens is 341 g/mol. The molecule has 2 heterocycles. The zero-order valence-electron chi connectivity index (χ0n) is 14.4. The molecule has 0 aliphatic carbocycles. The predicted molar refractivity (Wildman–Crippen MR) is 90.8 cm³/mol. The summed E-state index contributed by atoms with van der Waals surface area (Å²) in [5.41, 5.74) is 0.151. The number of nitrogens with one attached hydrogen (secondary N) is 1. The number of benzene rings is 1. The van der Waals surface area contributed by atoms with Crippen molar-refractivity contribution in [2.75, 3.05) is 13.2 Å². The van der Waals surface area contributed by atoms with Gasteiger partial charge in [0.2, 0.25) is 0 Å². The first-order valence-corrected chi connectivity index (χ1v) is 8.33. The molecule has 0 bridgehead atoms. The maximum atomic E-state index is 14.0. The van der Waals surface area contributed by atoms with Crippen LogP contribution >= 0.6 is 0 Å². The number of aromatic nitrogens is 2. The van der Waals surface area contributed by atoms with Gasteiger partial charge in [0.1, 0.15) is 11.5 Å². The number of carboxylic acids is 1. The van der Waals surface area contributed by atoms with Crippen molar-refractivity contribution in [1.82, 2.24) is 15.1 Å². The lowest BCUT2D eigenvalue weighted by Gasteiger charge is -2.36. The zero-order valence-corrected chi connectivity index (χ0v) is 14.4. The normalized spacial score (nSPS) is 16.2. The van der Waals surface area contributed by atoms with Crippen molar-refractivity contribution in [3.05, 3.63) is 47.5 Å². The lowest BCUT2D eigenvalue weighted by molar-refractivity contribution is -0.139. The van der Waals surface area contributed by atoms with Gasteiger partial charge in [-0.3, -0.25) is 9.59 Å². The van der Waals surface area contributed by atoms with Gasteiger partial charge in [0.15, 0.2) is 0 Å². The molecule has 3 rings (SSSR count). The average Bonchev–Trinajstić information content (AvgIpc) is 2.97. The maximum Gasteiger partial charge on any atom is 0.305 e. The SMILES string of the molecule is Cc1c(C(=O)NC2(CC(=O)O)CCOCC2)cnn1-c1ccccc1F. The van der Waals surface area contributed by atoms with E-state index in [1.807, 2.05) is 0 Å². The number of halogens is 1. The van der Waals surface area contributed by atoms with E-state index in [1.54, 1.807) is 25.1 Å². The van der Waals surface area contributed by atoms with Crippen molar-refractivity contribution in [3.63, 3.8) is 0 Å². The van der Waals surface area contributed by atoms with Crippen LogP contribution in [-0.4, -0.2) is 45.5 Å². The predicted octanol–water partition coefficient (Wildman–Crippen LogP) is 2.07. The second-order valence-corrected chi connectivity index (χ2v) is 6.42. The molecule has 2 aromatic rings. The topological polar surface area (TPSA) is 93.5 Å². The Bertz CT molecular complexity index is 828. The van der Waals surface area contributed by atoms with E-state index in [4.69, 9.17) is 4.74 Å². The van der Waals surface area contributed by atoms with Crippen molar-refractivity contribution in [2.24, 2.45) is 0 Å². The Morgan fingerprint density at radius 3 is 2.69 bits per heavy atom. The molecule has 0 radical (unpaired) electrons. The minimum atomic E-state index is -0.981. The Balaban J connectivity index is 1.86. The van der Waals surface area contributed by atoms with E-state index >= 15 is 0 Å². The van der Waals surface area contributed by atoms with Crippen LogP contribution in [0.15, 0.2) is 30.5 Å². The number of carbonyl (C=O) groups is 2. The zero-order chi connectivity index (χ0) is 18.7. The first kappa shape index (κ1) is 18.1. The first-order chi connectivity index (χ1) is 12.4. The fraction of sp³-hybridized carbons (Fsp3) is 0.389. The molecule has 138 valence electrons. The molecular formula is C18H20FN3O4. The molecule has 0 spiro atoms. The Morgan fingerprint density at radius 1 is 1.35 bits per heavy atom. The Kier molecular flexibility index (Phi) is 5.03. The molecule has 0 saturated carbocycles. The molecule has 1 aromatic heterocycles. The van der Waals surface area contributed by atoms with Gasteiger partial charge >= 0.3 is 5.97 Å². The van der Waals surface area contributed by atoms with E-state index in [0.717, 1.165) is 0 Å². The van der Waals surface area contributed by atoms with Crippen molar-refractivity contribution in [2.45, 2.75) is 31.7 Å². The molecule has 8 heteroatoms. The average molecular weight is 361 g/mol. The third-order valence-corrected chi connectivity index (χ3v) is 4.65. The number of aliphatic carboxylic acids is 1. The van der Waals surface area contributed by atoms with Gasteiger partial charge in [-0.05, 0) is 31.9 Å². The summed E-state index contributed by atoms with van der Waals surface area (Å²) in [7, 11) is 0. The largest absolute Gasteiger partial charge is 0.481 e. The smallest absolute Gasteiger partial charge is 0.305 e. The monoisotopic (exact) mass is 361 g/mol. The van der Waals surface area contributed by atoms with Crippen LogP contribution in [0.4, 0.5) is 4.39 Å². The highest BCUT2D eigenvalue weighted by Gasteiger charge is 2.37. The number of carbonyl (C=O) groups excluding carboxylic acids is 1. The Hall–Kier alpha value is -2.74. The summed E-state index contributed by atoms with van der Waals surface area (Å²) in [5, 5.41) is 16.2. The van der Waals surface area contributed by atoms with Crippen molar-refractivity contribution in [1.29, 1.82) is 0 Å². The molecule has 2 N–H and O–H groups in total. The summed E-state index contributed by atoms with van der Waals surface area (Å²) >= 11 is 0. The van der Waals surface area contributed by atoms with Crippen LogP contribution in [0.3, 0.4) is 0 Å². The Labute approximate surface area is 149 Å². The fourth-order valence-electron chi connectivity index (χ4n) is 3.20. The van der Waals surface area contributed by atoms with Gasteiger partial charge in [-0.25, -0.2) is 9.07 Å². The maximum absolute atomic E-state index is 14.0. The summed E-state index contributed by atoms with van der Waals surface area (Å²) in [5.74, 6) is -1.85. The number of amides is 1. The van der Waals surface area contributed by atoms with E-state index in [2.05, 4.69) is 10.4 Å². The molecule has 1 aliphatic rings. The van der Waals surface area contributed by atoms with E-state index in [0.29, 0.717) is 31.7 Å². The molecule has 1 saturated heterocycles. The number of rotatable bonds is 5. The van der Waals surface area contributed by atoms with Gasteiger partial charge < -0.3 is 15.2 Å². The molecule has 0 atom stereocenters. The van der Waals surface area contributed by atoms with Crippen molar-refractivity contribution < 1.29 is 23.8 Å². The van der Waals surface area contributed by atoms with Crippen molar-refractivity contribution in [3.8, 4) is 5.69 Å². The van der Waals surface area contributed by atoms with E-state index in [1.165, 1.54) is 16.9 Å². The summed E-state index contributed by atoms with van der Waals surface area (Å²) < 4.78 is 20.7. The molecule has 1 amide bonds. The third kappa shape index (κ3) is 3.60. The van der Waals surface area contributed by atoms with Crippen LogP contribution in [0.1, 0.15) is 35.3 Å². The van der Waals surface area contributed by atoms with Crippen LogP contribution in [0, 0.1) is 12.7 Å². The van der Waals surface area contributed by atoms with Crippen molar-refractivity contribution >= 4 is 11.9 Å². The highest BCUT2D eigenvalue weighted by molar-refractivity contribution is 5.96. The molecule has 7 nitrogen and oxygen atoms in total. The summed E-state index contributed by atoms with van der Waals surface area (Å²) in [6, 6.07) is 6.15. The van der Waals surface area contributed by atoms with Crippen LogP contribution in [0.2, 0.25) is 0 Å². The van der Waals surface area contributed by atoms with E-state index < -0.39 is 23.2 Å². The highest BCUT2D eigenvalue weighted by atomic mass is 19.1. The molecule has 26 heavy (non-hydrogen) atoms. The van der Waals surface area contributed by atoms with Crippen LogP contribution < -0.4 is 5.32 Å². The summed E-state index contributed by atoms with van der Waals surface area (Å²) in [4.78, 5) is 24.0. The molecule has 1 aromatic carbocycles. The third-order valence-electron chi connectivity index (χ3n) is 4.65. The van der Waals surface area contributed by atoms with Gasteiger partial charge in [0.25, 0.3) is 5.91 Å². The highest BCUT2D eigenvalue weighted by Crippen LogP contribution is 2.26. The van der Waals surface area contributed by atoms with E-state index in [9.17, 15) is 19.1 Å². The van der Waals surface area contributed by atoms with Gasteiger partial charge in [-0.1, -0.05) is 12.1 Å². The number of carboxylic acid groups (broad SMARTS) is 1. The first-order valence-electron chi connectivity index (χ1n) is 8.33. The lowest BCUT2D eigenvalue weighted by Crippen LogP contribution is -2.53. The number of hydrogen-bond acceptors (Lipinski definition) is 4.